The number of hydrogen-bond acceptors (Lipinski definition) is 3. The molecule has 0 amide bonds. The molecule has 0 saturated heterocycles. The Morgan fingerprint density at radius 3 is 2.75 bits per heavy atom. The van der Waals surface area contributed by atoms with E-state index in [9.17, 15) is 0 Å². The Bertz CT molecular complexity index is 310. The highest BCUT2D eigenvalue weighted by Gasteiger charge is 2.04. The van der Waals surface area contributed by atoms with Crippen LogP contribution >= 0.6 is 0 Å². The maximum Gasteiger partial charge on any atom is 0.130 e. The minimum atomic E-state index is 0.736. The molecule has 16 heavy (non-hydrogen) atoms. The highest BCUT2D eigenvalue weighted by molar-refractivity contribution is 5.46. The number of anilines is 2. The molecule has 1 heterocycles. The van der Waals surface area contributed by atoms with E-state index in [1.807, 2.05) is 12.1 Å². The van der Waals surface area contributed by atoms with Crippen molar-refractivity contribution in [1.29, 1.82) is 0 Å². The molecule has 90 valence electrons. The van der Waals surface area contributed by atoms with Crippen molar-refractivity contribution in [2.45, 2.75) is 27.2 Å². The molecule has 0 bridgehead atoms. The smallest absolute Gasteiger partial charge is 0.130 e. The normalized spacial score (nSPS) is 10.6. The highest BCUT2D eigenvalue weighted by Crippen LogP contribution is 2.14. The van der Waals surface area contributed by atoms with Crippen molar-refractivity contribution in [3.8, 4) is 0 Å². The molecule has 0 saturated carbocycles. The average molecular weight is 221 g/mol. The summed E-state index contributed by atoms with van der Waals surface area (Å²) in [6, 6.07) is 6.11. The minimum absolute atomic E-state index is 0.736. The Hall–Kier alpha value is -1.25. The van der Waals surface area contributed by atoms with Crippen molar-refractivity contribution in [2.75, 3.05) is 30.4 Å². The van der Waals surface area contributed by atoms with Gasteiger partial charge in [-0.1, -0.05) is 19.9 Å². The summed E-state index contributed by atoms with van der Waals surface area (Å²) in [5.41, 5.74) is 0. The Morgan fingerprint density at radius 2 is 2.12 bits per heavy atom. The SMILES string of the molecule is CCNc1cccc(N(C)CCC(C)C)n1. The van der Waals surface area contributed by atoms with Crippen molar-refractivity contribution in [2.24, 2.45) is 5.92 Å². The summed E-state index contributed by atoms with van der Waals surface area (Å²) >= 11 is 0. The maximum absolute atomic E-state index is 4.56. The van der Waals surface area contributed by atoms with Crippen molar-refractivity contribution >= 4 is 11.6 Å². The fraction of sp³-hybridized carbons (Fsp3) is 0.615. The van der Waals surface area contributed by atoms with Gasteiger partial charge in [0.1, 0.15) is 11.6 Å². The molecule has 0 radical (unpaired) electrons. The molecule has 0 atom stereocenters. The van der Waals surface area contributed by atoms with Crippen LogP contribution in [-0.2, 0) is 0 Å². The monoisotopic (exact) mass is 221 g/mol. The van der Waals surface area contributed by atoms with Gasteiger partial charge in [-0.05, 0) is 31.4 Å². The molecule has 1 aromatic rings. The first-order valence-corrected chi connectivity index (χ1v) is 6.05. The van der Waals surface area contributed by atoms with Crippen molar-refractivity contribution in [1.82, 2.24) is 4.98 Å². The first-order valence-electron chi connectivity index (χ1n) is 6.05. The van der Waals surface area contributed by atoms with E-state index in [1.165, 1.54) is 6.42 Å². The van der Waals surface area contributed by atoms with E-state index < -0.39 is 0 Å². The second-order valence-electron chi connectivity index (χ2n) is 4.52. The zero-order chi connectivity index (χ0) is 12.0. The highest BCUT2D eigenvalue weighted by atomic mass is 15.2. The van der Waals surface area contributed by atoms with Gasteiger partial charge >= 0.3 is 0 Å². The third-order valence-corrected chi connectivity index (χ3v) is 2.53. The van der Waals surface area contributed by atoms with Gasteiger partial charge in [0, 0.05) is 20.1 Å². The van der Waals surface area contributed by atoms with Crippen LogP contribution in [0.4, 0.5) is 11.6 Å². The van der Waals surface area contributed by atoms with Gasteiger partial charge in [0.05, 0.1) is 0 Å². The van der Waals surface area contributed by atoms with Gasteiger partial charge < -0.3 is 10.2 Å². The van der Waals surface area contributed by atoms with Crippen molar-refractivity contribution < 1.29 is 0 Å². The number of hydrogen-bond donors (Lipinski definition) is 1. The fourth-order valence-electron chi connectivity index (χ4n) is 1.48. The van der Waals surface area contributed by atoms with Crippen LogP contribution < -0.4 is 10.2 Å². The van der Waals surface area contributed by atoms with Crippen LogP contribution in [0, 0.1) is 5.92 Å². The van der Waals surface area contributed by atoms with Crippen LogP contribution in [0.25, 0.3) is 0 Å². The molecule has 0 aliphatic rings. The van der Waals surface area contributed by atoms with Gasteiger partial charge in [-0.15, -0.1) is 0 Å². The summed E-state index contributed by atoms with van der Waals surface area (Å²) in [5.74, 6) is 2.73. The van der Waals surface area contributed by atoms with E-state index in [1.54, 1.807) is 0 Å². The number of nitrogens with zero attached hydrogens (tertiary/aromatic N) is 2. The quantitative estimate of drug-likeness (QED) is 0.800. The fourth-order valence-corrected chi connectivity index (χ4v) is 1.48. The number of nitrogens with one attached hydrogen (secondary N) is 1. The van der Waals surface area contributed by atoms with E-state index in [2.05, 4.69) is 49.1 Å². The Morgan fingerprint density at radius 1 is 1.38 bits per heavy atom. The Kier molecular flexibility index (Phi) is 5.09. The van der Waals surface area contributed by atoms with E-state index in [0.717, 1.165) is 30.6 Å². The Balaban J connectivity index is 2.60. The lowest BCUT2D eigenvalue weighted by Crippen LogP contribution is -2.21. The molecule has 0 aromatic carbocycles. The molecule has 0 fully saturated rings. The predicted octanol–water partition coefficient (Wildman–Crippen LogP) is 3.00. The number of pyridine rings is 1. The van der Waals surface area contributed by atoms with Gasteiger partial charge in [0.25, 0.3) is 0 Å². The minimum Gasteiger partial charge on any atom is -0.370 e. The second kappa shape index (κ2) is 6.36. The van der Waals surface area contributed by atoms with Crippen LogP contribution in [0.1, 0.15) is 27.2 Å². The number of aromatic nitrogens is 1. The molecule has 1 N–H and O–H groups in total. The summed E-state index contributed by atoms with van der Waals surface area (Å²) in [6.07, 6.45) is 1.20. The topological polar surface area (TPSA) is 28.2 Å². The summed E-state index contributed by atoms with van der Waals surface area (Å²) < 4.78 is 0. The molecular weight excluding hydrogens is 198 g/mol. The summed E-state index contributed by atoms with van der Waals surface area (Å²) in [4.78, 5) is 6.76. The van der Waals surface area contributed by atoms with Gasteiger partial charge in [0.2, 0.25) is 0 Å². The summed E-state index contributed by atoms with van der Waals surface area (Å²) in [7, 11) is 2.10. The number of rotatable bonds is 6. The average Bonchev–Trinajstić information content (AvgIpc) is 2.26. The lowest BCUT2D eigenvalue weighted by Gasteiger charge is -2.19. The van der Waals surface area contributed by atoms with Crippen molar-refractivity contribution in [3.63, 3.8) is 0 Å². The molecule has 0 aliphatic carbocycles. The lowest BCUT2D eigenvalue weighted by atomic mass is 10.1. The molecular formula is C13H23N3. The largest absolute Gasteiger partial charge is 0.370 e. The first-order chi connectivity index (χ1) is 7.63. The van der Waals surface area contributed by atoms with Gasteiger partial charge in [-0.3, -0.25) is 0 Å². The van der Waals surface area contributed by atoms with Gasteiger partial charge in [-0.25, -0.2) is 4.98 Å². The molecule has 1 rings (SSSR count). The third-order valence-electron chi connectivity index (χ3n) is 2.53. The van der Waals surface area contributed by atoms with Crippen LogP contribution in [-0.4, -0.2) is 25.1 Å². The zero-order valence-electron chi connectivity index (χ0n) is 10.8. The van der Waals surface area contributed by atoms with Gasteiger partial charge in [-0.2, -0.15) is 0 Å². The van der Waals surface area contributed by atoms with E-state index >= 15 is 0 Å². The summed E-state index contributed by atoms with van der Waals surface area (Å²) in [5, 5.41) is 3.23. The predicted molar refractivity (Wildman–Crippen MR) is 71.1 cm³/mol. The van der Waals surface area contributed by atoms with E-state index in [4.69, 9.17) is 0 Å². The lowest BCUT2D eigenvalue weighted by molar-refractivity contribution is 0.584. The van der Waals surface area contributed by atoms with Gasteiger partial charge in [0.15, 0.2) is 0 Å². The zero-order valence-corrected chi connectivity index (χ0v) is 10.8. The third kappa shape index (κ3) is 4.09. The maximum atomic E-state index is 4.56. The molecule has 3 nitrogen and oxygen atoms in total. The van der Waals surface area contributed by atoms with Crippen molar-refractivity contribution in [3.05, 3.63) is 18.2 Å². The van der Waals surface area contributed by atoms with E-state index in [0.29, 0.717) is 0 Å². The standard InChI is InChI=1S/C13H23N3/c1-5-14-12-7-6-8-13(15-12)16(4)10-9-11(2)3/h6-8,11H,5,9-10H2,1-4H3,(H,14,15). The van der Waals surface area contributed by atoms with Crippen LogP contribution in [0.2, 0.25) is 0 Å². The first kappa shape index (κ1) is 12.8. The molecule has 0 aliphatic heterocycles. The van der Waals surface area contributed by atoms with Crippen LogP contribution in [0.15, 0.2) is 18.2 Å². The molecule has 3 heteroatoms. The molecule has 0 unspecified atom stereocenters. The van der Waals surface area contributed by atoms with Crippen LogP contribution in [0.5, 0.6) is 0 Å². The van der Waals surface area contributed by atoms with E-state index in [-0.39, 0.29) is 0 Å². The Labute approximate surface area is 98.9 Å². The molecule has 0 spiro atoms. The van der Waals surface area contributed by atoms with Crippen LogP contribution in [0.3, 0.4) is 0 Å². The second-order valence-corrected chi connectivity index (χ2v) is 4.52. The molecule has 1 aromatic heterocycles. The summed E-state index contributed by atoms with van der Waals surface area (Å²) in [6.45, 7) is 8.54.